The summed E-state index contributed by atoms with van der Waals surface area (Å²) in [7, 11) is 0. The minimum atomic E-state index is -0.869. The van der Waals surface area contributed by atoms with E-state index in [9.17, 15) is 9.59 Å². The second-order valence-electron chi connectivity index (χ2n) is 4.03. The minimum Gasteiger partial charge on any atom is -0.460 e. The third kappa shape index (κ3) is 3.19. The number of carbonyl (C=O) groups is 2. The van der Waals surface area contributed by atoms with Crippen LogP contribution in [-0.2, 0) is 20.8 Å². The number of amidine groups is 1. The van der Waals surface area contributed by atoms with Gasteiger partial charge in [-0.2, -0.15) is 0 Å². The lowest BCUT2D eigenvalue weighted by Gasteiger charge is -2.05. The smallest absolute Gasteiger partial charge is 0.377 e. The molecule has 0 atom stereocenters. The Morgan fingerprint density at radius 3 is 3.00 bits per heavy atom. The molecule has 0 aliphatic heterocycles. The van der Waals surface area contributed by atoms with Crippen LogP contribution in [0.25, 0.3) is 6.08 Å². The van der Waals surface area contributed by atoms with E-state index in [1.165, 1.54) is 6.20 Å². The van der Waals surface area contributed by atoms with Gasteiger partial charge in [-0.25, -0.2) is 9.59 Å². The number of halogens is 1. The lowest BCUT2D eigenvalue weighted by molar-refractivity contribution is -0.135. The lowest BCUT2D eigenvalue weighted by Crippen LogP contribution is -2.26. The van der Waals surface area contributed by atoms with Gasteiger partial charge in [-0.05, 0) is 12.1 Å². The maximum atomic E-state index is 11.9. The number of ether oxygens (including phenoxy) is 1. The zero-order valence-electron chi connectivity index (χ0n) is 11.1. The maximum Gasteiger partial charge on any atom is 0.377 e. The van der Waals surface area contributed by atoms with E-state index in [-0.39, 0.29) is 17.2 Å². The van der Waals surface area contributed by atoms with E-state index in [1.54, 1.807) is 13.0 Å². The first kappa shape index (κ1) is 15.0. The topological polar surface area (TPSA) is 104 Å². The Morgan fingerprint density at radius 1 is 1.52 bits per heavy atom. The van der Waals surface area contributed by atoms with Gasteiger partial charge in [0, 0.05) is 18.2 Å². The molecule has 2 rings (SSSR count). The molecular formula is C13H12ClN3O4. The summed E-state index contributed by atoms with van der Waals surface area (Å²) in [4.78, 5) is 31.7. The lowest BCUT2D eigenvalue weighted by atomic mass is 10.1. The number of hydrogen-bond acceptors (Lipinski definition) is 6. The van der Waals surface area contributed by atoms with Crippen LogP contribution in [0, 0.1) is 0 Å². The van der Waals surface area contributed by atoms with Gasteiger partial charge in [-0.1, -0.05) is 23.8 Å². The number of hydrogen-bond donors (Lipinski definition) is 1. The molecule has 21 heavy (non-hydrogen) atoms. The average molecular weight is 310 g/mol. The summed E-state index contributed by atoms with van der Waals surface area (Å²) in [6, 6.07) is 0. The van der Waals surface area contributed by atoms with Gasteiger partial charge in [0.25, 0.3) is 0 Å². The van der Waals surface area contributed by atoms with Gasteiger partial charge in [-0.3, -0.25) is 4.98 Å². The number of allylic oxidation sites excluding steroid dienone is 1. The molecule has 0 aromatic carbocycles. The van der Waals surface area contributed by atoms with Crippen LogP contribution < -0.4 is 5.73 Å². The fourth-order valence-electron chi connectivity index (χ4n) is 1.69. The number of aromatic nitrogens is 1. The van der Waals surface area contributed by atoms with Crippen molar-refractivity contribution in [2.75, 3.05) is 6.61 Å². The zero-order chi connectivity index (χ0) is 15.4. The van der Waals surface area contributed by atoms with E-state index in [2.05, 4.69) is 19.7 Å². The van der Waals surface area contributed by atoms with Crippen LogP contribution in [0.1, 0.15) is 28.5 Å². The fourth-order valence-corrected chi connectivity index (χ4v) is 1.98. The van der Waals surface area contributed by atoms with Crippen molar-refractivity contribution in [2.45, 2.75) is 13.3 Å². The largest absolute Gasteiger partial charge is 0.460 e. The molecule has 1 aliphatic rings. The highest BCUT2D eigenvalue weighted by atomic mass is 35.5. The second-order valence-corrected chi connectivity index (χ2v) is 4.41. The molecule has 0 unspecified atom stereocenters. The van der Waals surface area contributed by atoms with Crippen molar-refractivity contribution < 1.29 is 19.2 Å². The molecule has 0 saturated heterocycles. The molecule has 1 aromatic rings. The van der Waals surface area contributed by atoms with Crippen LogP contribution in [0.5, 0.6) is 0 Å². The van der Waals surface area contributed by atoms with E-state index in [0.29, 0.717) is 12.0 Å². The number of rotatable bonds is 3. The van der Waals surface area contributed by atoms with Gasteiger partial charge < -0.3 is 15.3 Å². The van der Waals surface area contributed by atoms with Crippen LogP contribution in [-0.4, -0.2) is 29.4 Å². The Balaban J connectivity index is 2.13. The highest BCUT2D eigenvalue weighted by Gasteiger charge is 2.20. The van der Waals surface area contributed by atoms with Gasteiger partial charge >= 0.3 is 11.9 Å². The van der Waals surface area contributed by atoms with Crippen molar-refractivity contribution in [1.82, 2.24) is 4.98 Å². The van der Waals surface area contributed by atoms with Crippen molar-refractivity contribution in [3.8, 4) is 0 Å². The van der Waals surface area contributed by atoms with Crippen molar-refractivity contribution in [3.63, 3.8) is 0 Å². The van der Waals surface area contributed by atoms with Gasteiger partial charge in [0.05, 0.1) is 22.9 Å². The molecule has 2 N–H and O–H groups in total. The molecule has 110 valence electrons. The first-order valence-electron chi connectivity index (χ1n) is 6.10. The monoisotopic (exact) mass is 309 g/mol. The first-order chi connectivity index (χ1) is 10.0. The first-order valence-corrected chi connectivity index (χ1v) is 6.48. The molecule has 0 saturated carbocycles. The average Bonchev–Trinajstić information content (AvgIpc) is 2.94. The molecule has 1 aliphatic carbocycles. The molecule has 7 nitrogen and oxygen atoms in total. The standard InChI is InChI=1S/C13H12ClN3O4/c1-2-20-13(19)11(15)17-21-12(18)8-6-16-9-5-3-4-7(9)10(8)14/h3-4,6H,2,5H2,1H3,(H2,15,17). The number of pyridine rings is 1. The molecule has 0 amide bonds. The summed E-state index contributed by atoms with van der Waals surface area (Å²) in [5, 5.41) is 3.45. The van der Waals surface area contributed by atoms with E-state index < -0.39 is 17.8 Å². The Kier molecular flexibility index (Phi) is 4.54. The van der Waals surface area contributed by atoms with Gasteiger partial charge in [-0.15, -0.1) is 0 Å². The van der Waals surface area contributed by atoms with Crippen LogP contribution in [0.4, 0.5) is 0 Å². The second kappa shape index (κ2) is 6.36. The van der Waals surface area contributed by atoms with E-state index in [1.807, 2.05) is 6.08 Å². The number of oxime groups is 1. The molecular weight excluding hydrogens is 298 g/mol. The molecule has 0 spiro atoms. The molecule has 1 aromatic heterocycles. The van der Waals surface area contributed by atoms with Crippen LogP contribution in [0.15, 0.2) is 17.4 Å². The normalized spacial score (nSPS) is 13.0. The molecule has 0 bridgehead atoms. The summed E-state index contributed by atoms with van der Waals surface area (Å²) in [6.07, 6.45) is 5.62. The van der Waals surface area contributed by atoms with Gasteiger partial charge in [0.1, 0.15) is 0 Å². The SMILES string of the molecule is CCOC(=O)/C(N)=N/OC(=O)c1cnc2c(c1Cl)C=CC2. The number of fused-ring (bicyclic) bond motifs is 1. The number of carbonyl (C=O) groups excluding carboxylic acids is 2. The van der Waals surface area contributed by atoms with Crippen molar-refractivity contribution >= 4 is 35.5 Å². The Morgan fingerprint density at radius 2 is 2.29 bits per heavy atom. The number of esters is 1. The predicted octanol–water partition coefficient (Wildman–Crippen LogP) is 1.30. The van der Waals surface area contributed by atoms with Crippen molar-refractivity contribution in [1.29, 1.82) is 0 Å². The summed E-state index contributed by atoms with van der Waals surface area (Å²) < 4.78 is 4.59. The third-order valence-corrected chi connectivity index (χ3v) is 3.07. The summed E-state index contributed by atoms with van der Waals surface area (Å²) in [5.74, 6) is -2.29. The Bertz CT molecular complexity index is 655. The molecule has 0 fully saturated rings. The minimum absolute atomic E-state index is 0.0439. The van der Waals surface area contributed by atoms with Crippen LogP contribution in [0.2, 0.25) is 5.02 Å². The Hall–Kier alpha value is -2.41. The van der Waals surface area contributed by atoms with E-state index in [0.717, 1.165) is 5.69 Å². The third-order valence-electron chi connectivity index (χ3n) is 2.66. The van der Waals surface area contributed by atoms with Crippen molar-refractivity contribution in [3.05, 3.63) is 34.1 Å². The fraction of sp³-hybridized carbons (Fsp3) is 0.231. The molecule has 0 radical (unpaired) electrons. The molecule has 1 heterocycles. The zero-order valence-corrected chi connectivity index (χ0v) is 11.9. The quantitative estimate of drug-likeness (QED) is 0.297. The maximum absolute atomic E-state index is 11.9. The van der Waals surface area contributed by atoms with E-state index in [4.69, 9.17) is 17.3 Å². The predicted molar refractivity (Wildman–Crippen MR) is 75.7 cm³/mol. The van der Waals surface area contributed by atoms with Gasteiger partial charge in [0.2, 0.25) is 5.84 Å². The highest BCUT2D eigenvalue weighted by Crippen LogP contribution is 2.28. The van der Waals surface area contributed by atoms with Crippen molar-refractivity contribution in [2.24, 2.45) is 10.9 Å². The summed E-state index contributed by atoms with van der Waals surface area (Å²) in [5.41, 5.74) is 6.80. The number of nitrogens with two attached hydrogens (primary N) is 1. The molecule has 8 heteroatoms. The van der Waals surface area contributed by atoms with Gasteiger partial charge in [0.15, 0.2) is 0 Å². The Labute approximate surface area is 125 Å². The number of nitrogens with zero attached hydrogens (tertiary/aromatic N) is 2. The summed E-state index contributed by atoms with van der Waals surface area (Å²) >= 11 is 6.11. The van der Waals surface area contributed by atoms with Crippen LogP contribution in [0.3, 0.4) is 0 Å². The van der Waals surface area contributed by atoms with Crippen LogP contribution >= 0.6 is 11.6 Å². The highest BCUT2D eigenvalue weighted by molar-refractivity contribution is 6.35. The van der Waals surface area contributed by atoms with E-state index >= 15 is 0 Å². The summed E-state index contributed by atoms with van der Waals surface area (Å²) in [6.45, 7) is 1.75.